The number of hydrogen-bond donors (Lipinski definition) is 2. The normalized spacial score (nSPS) is 15.4. The first-order valence-corrected chi connectivity index (χ1v) is 10.3. The lowest BCUT2D eigenvalue weighted by atomic mass is 9.96. The Kier molecular flexibility index (Phi) is 5.98. The van der Waals surface area contributed by atoms with Gasteiger partial charge in [-0.2, -0.15) is 0 Å². The topological polar surface area (TPSA) is 87.2 Å². The number of carbonyl (C=O) groups is 2. The highest BCUT2D eigenvalue weighted by atomic mass is 32.1. The molecular formula is C20H27N5O2S. The highest BCUT2D eigenvalue weighted by Gasteiger charge is 2.25. The molecule has 0 atom stereocenters. The van der Waals surface area contributed by atoms with Crippen molar-refractivity contribution in [2.45, 2.75) is 46.6 Å². The molecule has 8 heteroatoms. The molecule has 0 radical (unpaired) electrons. The van der Waals surface area contributed by atoms with E-state index in [9.17, 15) is 9.59 Å². The molecule has 3 rings (SSSR count). The summed E-state index contributed by atoms with van der Waals surface area (Å²) in [5.41, 5.74) is 0.401. The van der Waals surface area contributed by atoms with Crippen molar-refractivity contribution in [3.05, 3.63) is 35.0 Å². The van der Waals surface area contributed by atoms with Gasteiger partial charge in [0.05, 0.1) is 9.88 Å². The van der Waals surface area contributed by atoms with E-state index in [1.807, 2.05) is 33.8 Å². The van der Waals surface area contributed by atoms with Crippen molar-refractivity contribution in [1.82, 2.24) is 15.3 Å². The predicted molar refractivity (Wildman–Crippen MR) is 112 cm³/mol. The lowest BCUT2D eigenvalue weighted by molar-refractivity contribution is -0.123. The second-order valence-corrected chi connectivity index (χ2v) is 9.16. The van der Waals surface area contributed by atoms with Gasteiger partial charge < -0.3 is 15.5 Å². The van der Waals surface area contributed by atoms with Gasteiger partial charge in [-0.1, -0.05) is 20.8 Å². The lowest BCUT2D eigenvalue weighted by Crippen LogP contribution is -2.45. The van der Waals surface area contributed by atoms with Crippen LogP contribution in [0.2, 0.25) is 0 Å². The average Bonchev–Trinajstić information content (AvgIpc) is 3.02. The maximum atomic E-state index is 12.7. The third-order valence-electron chi connectivity index (χ3n) is 4.71. The van der Waals surface area contributed by atoms with Crippen molar-refractivity contribution in [1.29, 1.82) is 0 Å². The number of rotatable bonds is 4. The second-order valence-electron chi connectivity index (χ2n) is 8.11. The van der Waals surface area contributed by atoms with Crippen LogP contribution in [-0.2, 0) is 4.79 Å². The van der Waals surface area contributed by atoms with Crippen LogP contribution in [0.1, 0.15) is 48.8 Å². The summed E-state index contributed by atoms with van der Waals surface area (Å²) in [4.78, 5) is 36.3. The van der Waals surface area contributed by atoms with E-state index in [0.29, 0.717) is 9.88 Å². The van der Waals surface area contributed by atoms with E-state index >= 15 is 0 Å². The standard InChI is InChI=1S/C20H27N5O2S/c1-13-12-15(24-18(27)20(2,3)4)28-16(13)17(26)23-14-6-10-25(11-7-14)19-21-8-5-9-22-19/h5,8-9,12,14H,6-7,10-11H2,1-4H3,(H,23,26)(H,24,27). The first kappa shape index (κ1) is 20.3. The quantitative estimate of drug-likeness (QED) is 0.821. The monoisotopic (exact) mass is 401 g/mol. The van der Waals surface area contributed by atoms with Crippen molar-refractivity contribution >= 4 is 34.1 Å². The lowest BCUT2D eigenvalue weighted by Gasteiger charge is -2.32. The Bertz CT molecular complexity index is 836. The number of aryl methyl sites for hydroxylation is 1. The summed E-state index contributed by atoms with van der Waals surface area (Å²) in [6.07, 6.45) is 5.18. The highest BCUT2D eigenvalue weighted by Crippen LogP contribution is 2.29. The summed E-state index contributed by atoms with van der Waals surface area (Å²) in [7, 11) is 0. The van der Waals surface area contributed by atoms with Crippen LogP contribution in [-0.4, -0.2) is 40.9 Å². The minimum atomic E-state index is -0.475. The molecule has 150 valence electrons. The Morgan fingerprint density at radius 3 is 2.43 bits per heavy atom. The molecule has 0 bridgehead atoms. The van der Waals surface area contributed by atoms with Crippen LogP contribution in [0.25, 0.3) is 0 Å². The SMILES string of the molecule is Cc1cc(NC(=O)C(C)(C)C)sc1C(=O)NC1CCN(c2ncccn2)CC1. The maximum absolute atomic E-state index is 12.7. The van der Waals surface area contributed by atoms with Gasteiger partial charge in [-0.3, -0.25) is 9.59 Å². The van der Waals surface area contributed by atoms with E-state index in [0.717, 1.165) is 37.4 Å². The van der Waals surface area contributed by atoms with Crippen LogP contribution in [0.3, 0.4) is 0 Å². The molecule has 7 nitrogen and oxygen atoms in total. The Labute approximate surface area is 169 Å². The Morgan fingerprint density at radius 2 is 1.82 bits per heavy atom. The fourth-order valence-electron chi connectivity index (χ4n) is 3.00. The van der Waals surface area contributed by atoms with Gasteiger partial charge in [-0.15, -0.1) is 11.3 Å². The number of carbonyl (C=O) groups excluding carboxylic acids is 2. The van der Waals surface area contributed by atoms with Gasteiger partial charge in [0, 0.05) is 36.9 Å². The number of piperidine rings is 1. The number of hydrogen-bond acceptors (Lipinski definition) is 6. The van der Waals surface area contributed by atoms with Gasteiger partial charge in [-0.05, 0) is 37.5 Å². The van der Waals surface area contributed by atoms with E-state index in [1.165, 1.54) is 11.3 Å². The van der Waals surface area contributed by atoms with Crippen LogP contribution in [0.15, 0.2) is 24.5 Å². The summed E-state index contributed by atoms with van der Waals surface area (Å²) in [5, 5.41) is 6.75. The zero-order valence-corrected chi connectivity index (χ0v) is 17.6. The zero-order valence-electron chi connectivity index (χ0n) is 16.8. The van der Waals surface area contributed by atoms with Crippen LogP contribution >= 0.6 is 11.3 Å². The molecule has 0 unspecified atom stereocenters. The van der Waals surface area contributed by atoms with Gasteiger partial charge in [-0.25, -0.2) is 9.97 Å². The summed E-state index contributed by atoms with van der Waals surface area (Å²) in [6.45, 7) is 9.11. The summed E-state index contributed by atoms with van der Waals surface area (Å²) in [6, 6.07) is 3.79. The molecule has 1 aliphatic heterocycles. The first-order valence-electron chi connectivity index (χ1n) is 9.49. The summed E-state index contributed by atoms with van der Waals surface area (Å²) in [5.74, 6) is 0.602. The van der Waals surface area contributed by atoms with Gasteiger partial charge in [0.1, 0.15) is 0 Å². The van der Waals surface area contributed by atoms with Crippen molar-refractivity contribution in [3.63, 3.8) is 0 Å². The zero-order chi connectivity index (χ0) is 20.3. The minimum Gasteiger partial charge on any atom is -0.348 e. The Hall–Kier alpha value is -2.48. The Balaban J connectivity index is 1.56. The summed E-state index contributed by atoms with van der Waals surface area (Å²) >= 11 is 1.32. The van der Waals surface area contributed by atoms with Crippen LogP contribution in [0, 0.1) is 12.3 Å². The van der Waals surface area contributed by atoms with E-state index in [-0.39, 0.29) is 17.9 Å². The fraction of sp³-hybridized carbons (Fsp3) is 0.500. The van der Waals surface area contributed by atoms with Crippen molar-refractivity contribution in [3.8, 4) is 0 Å². The van der Waals surface area contributed by atoms with Crippen molar-refractivity contribution in [2.75, 3.05) is 23.3 Å². The first-order chi connectivity index (χ1) is 13.2. The van der Waals surface area contributed by atoms with Crippen LogP contribution in [0.5, 0.6) is 0 Å². The van der Waals surface area contributed by atoms with E-state index in [2.05, 4.69) is 25.5 Å². The number of nitrogens with one attached hydrogen (secondary N) is 2. The molecule has 28 heavy (non-hydrogen) atoms. The van der Waals surface area contributed by atoms with Crippen molar-refractivity contribution in [2.24, 2.45) is 5.41 Å². The van der Waals surface area contributed by atoms with Gasteiger partial charge in [0.2, 0.25) is 11.9 Å². The van der Waals surface area contributed by atoms with Crippen LogP contribution in [0.4, 0.5) is 10.9 Å². The second kappa shape index (κ2) is 8.26. The maximum Gasteiger partial charge on any atom is 0.261 e. The molecule has 2 N–H and O–H groups in total. The molecule has 0 aliphatic carbocycles. The molecule has 2 aromatic rings. The van der Waals surface area contributed by atoms with Gasteiger partial charge in [0.25, 0.3) is 5.91 Å². The minimum absolute atomic E-state index is 0.0591. The highest BCUT2D eigenvalue weighted by molar-refractivity contribution is 7.18. The average molecular weight is 402 g/mol. The van der Waals surface area contributed by atoms with E-state index in [4.69, 9.17) is 0 Å². The molecule has 1 fully saturated rings. The fourth-order valence-corrected chi connectivity index (χ4v) is 3.97. The number of amides is 2. The van der Waals surface area contributed by atoms with Crippen molar-refractivity contribution < 1.29 is 9.59 Å². The molecule has 0 aromatic carbocycles. The number of nitrogens with zero attached hydrogens (tertiary/aromatic N) is 3. The molecule has 0 spiro atoms. The molecular weight excluding hydrogens is 374 g/mol. The molecule has 2 aromatic heterocycles. The number of aromatic nitrogens is 2. The number of anilines is 2. The van der Waals surface area contributed by atoms with Gasteiger partial charge >= 0.3 is 0 Å². The molecule has 1 aliphatic rings. The molecule has 2 amide bonds. The third-order valence-corrected chi connectivity index (χ3v) is 5.86. The van der Waals surface area contributed by atoms with E-state index < -0.39 is 5.41 Å². The van der Waals surface area contributed by atoms with Gasteiger partial charge in [0.15, 0.2) is 0 Å². The Morgan fingerprint density at radius 1 is 1.18 bits per heavy atom. The smallest absolute Gasteiger partial charge is 0.261 e. The third kappa shape index (κ3) is 4.86. The molecule has 0 saturated carbocycles. The summed E-state index contributed by atoms with van der Waals surface area (Å²) < 4.78 is 0. The molecule has 3 heterocycles. The van der Waals surface area contributed by atoms with E-state index in [1.54, 1.807) is 18.5 Å². The largest absolute Gasteiger partial charge is 0.348 e. The predicted octanol–water partition coefficient (Wildman–Crippen LogP) is 3.23. The number of thiophene rings is 1. The van der Waals surface area contributed by atoms with Crippen LogP contribution < -0.4 is 15.5 Å². The molecule has 1 saturated heterocycles.